The van der Waals surface area contributed by atoms with Gasteiger partial charge in [-0.2, -0.15) is 0 Å². The van der Waals surface area contributed by atoms with Crippen LogP contribution in [0.2, 0.25) is 0 Å². The van der Waals surface area contributed by atoms with Gasteiger partial charge < -0.3 is 10.1 Å². The Hall–Kier alpha value is -0.450. The molecule has 1 aromatic heterocycles. The smallest absolute Gasteiger partial charge is 0.119 e. The predicted molar refractivity (Wildman–Crippen MR) is 68.9 cm³/mol. The zero-order valence-electron chi connectivity index (χ0n) is 10.5. The summed E-state index contributed by atoms with van der Waals surface area (Å²) in [4.78, 5) is 4.53. The van der Waals surface area contributed by atoms with Gasteiger partial charge in [0.15, 0.2) is 0 Å². The molecular weight excluding hydrogens is 220 g/mol. The molecule has 0 aliphatic rings. The number of ether oxygens (including phenoxy) is 1. The quantitative estimate of drug-likeness (QED) is 0.712. The van der Waals surface area contributed by atoms with Crippen molar-refractivity contribution in [2.75, 3.05) is 13.2 Å². The Bertz CT molecular complexity index is 286. The summed E-state index contributed by atoms with van der Waals surface area (Å²) in [6.45, 7) is 8.91. The second-order valence-electron chi connectivity index (χ2n) is 4.14. The van der Waals surface area contributed by atoms with Crippen LogP contribution in [0.25, 0.3) is 0 Å². The molecule has 0 aliphatic heterocycles. The molecule has 0 atom stereocenters. The van der Waals surface area contributed by atoms with E-state index in [2.05, 4.69) is 36.5 Å². The number of nitrogens with one attached hydrogen (secondary N) is 1. The summed E-state index contributed by atoms with van der Waals surface area (Å²) in [6, 6.07) is 0.547. The second kappa shape index (κ2) is 7.76. The van der Waals surface area contributed by atoms with E-state index in [0.717, 1.165) is 31.0 Å². The van der Waals surface area contributed by atoms with Crippen LogP contribution in [0.3, 0.4) is 0 Å². The van der Waals surface area contributed by atoms with Crippen molar-refractivity contribution < 1.29 is 4.74 Å². The van der Waals surface area contributed by atoms with Crippen molar-refractivity contribution in [3.05, 3.63) is 16.1 Å². The van der Waals surface area contributed by atoms with Gasteiger partial charge in [0.25, 0.3) is 0 Å². The van der Waals surface area contributed by atoms with Gasteiger partial charge in [-0.25, -0.2) is 4.98 Å². The Labute approximate surface area is 102 Å². The molecule has 0 saturated carbocycles. The minimum atomic E-state index is 0.547. The van der Waals surface area contributed by atoms with E-state index in [0.29, 0.717) is 12.6 Å². The van der Waals surface area contributed by atoms with Crippen LogP contribution in [-0.4, -0.2) is 24.2 Å². The Morgan fingerprint density at radius 2 is 2.31 bits per heavy atom. The van der Waals surface area contributed by atoms with Gasteiger partial charge in [0.05, 0.1) is 12.3 Å². The van der Waals surface area contributed by atoms with Gasteiger partial charge in [0, 0.05) is 31.0 Å². The predicted octanol–water partition coefficient (Wildman–Crippen LogP) is 2.61. The lowest BCUT2D eigenvalue weighted by Crippen LogP contribution is -2.25. The maximum atomic E-state index is 5.46. The molecule has 16 heavy (non-hydrogen) atoms. The van der Waals surface area contributed by atoms with E-state index in [1.54, 1.807) is 11.3 Å². The molecule has 0 aliphatic carbocycles. The lowest BCUT2D eigenvalue weighted by Gasteiger charge is -2.05. The first-order valence-corrected chi connectivity index (χ1v) is 6.84. The van der Waals surface area contributed by atoms with Crippen LogP contribution in [0.5, 0.6) is 0 Å². The SMILES string of the molecule is CCCOCc1nc(CCNC(C)C)cs1. The molecule has 92 valence electrons. The van der Waals surface area contributed by atoms with Gasteiger partial charge in [-0.15, -0.1) is 11.3 Å². The van der Waals surface area contributed by atoms with E-state index >= 15 is 0 Å². The van der Waals surface area contributed by atoms with Crippen LogP contribution >= 0.6 is 11.3 Å². The fraction of sp³-hybridized carbons (Fsp3) is 0.750. The summed E-state index contributed by atoms with van der Waals surface area (Å²) < 4.78 is 5.46. The molecule has 1 aromatic rings. The van der Waals surface area contributed by atoms with Crippen LogP contribution in [0.1, 0.15) is 37.9 Å². The third-order valence-electron chi connectivity index (χ3n) is 2.11. The first-order chi connectivity index (χ1) is 7.72. The van der Waals surface area contributed by atoms with E-state index < -0.39 is 0 Å². The molecule has 1 rings (SSSR count). The molecule has 1 N–H and O–H groups in total. The van der Waals surface area contributed by atoms with Crippen molar-refractivity contribution in [3.63, 3.8) is 0 Å². The van der Waals surface area contributed by atoms with Crippen LogP contribution in [0, 0.1) is 0 Å². The fourth-order valence-electron chi connectivity index (χ4n) is 1.32. The summed E-state index contributed by atoms with van der Waals surface area (Å²) in [5.74, 6) is 0. The molecular formula is C12H22N2OS. The van der Waals surface area contributed by atoms with Gasteiger partial charge in [0.1, 0.15) is 5.01 Å². The van der Waals surface area contributed by atoms with Gasteiger partial charge in [-0.3, -0.25) is 0 Å². The number of thiazole rings is 1. The Morgan fingerprint density at radius 1 is 1.50 bits per heavy atom. The van der Waals surface area contributed by atoms with Crippen molar-refractivity contribution in [2.24, 2.45) is 0 Å². The number of hydrogen-bond donors (Lipinski definition) is 1. The molecule has 0 aromatic carbocycles. The van der Waals surface area contributed by atoms with Crippen LogP contribution in [0.15, 0.2) is 5.38 Å². The van der Waals surface area contributed by atoms with E-state index in [1.807, 2.05) is 0 Å². The van der Waals surface area contributed by atoms with Gasteiger partial charge in [-0.05, 0) is 6.42 Å². The minimum Gasteiger partial charge on any atom is -0.374 e. The van der Waals surface area contributed by atoms with E-state index in [-0.39, 0.29) is 0 Å². The number of aromatic nitrogens is 1. The average Bonchev–Trinajstić information content (AvgIpc) is 2.66. The van der Waals surface area contributed by atoms with Crippen molar-refractivity contribution in [1.82, 2.24) is 10.3 Å². The maximum Gasteiger partial charge on any atom is 0.119 e. The lowest BCUT2D eigenvalue weighted by atomic mass is 10.3. The van der Waals surface area contributed by atoms with Crippen LogP contribution in [-0.2, 0) is 17.8 Å². The molecule has 0 bridgehead atoms. The second-order valence-corrected chi connectivity index (χ2v) is 5.09. The van der Waals surface area contributed by atoms with Gasteiger partial charge in [-0.1, -0.05) is 20.8 Å². The van der Waals surface area contributed by atoms with E-state index in [1.165, 1.54) is 5.69 Å². The maximum absolute atomic E-state index is 5.46. The topological polar surface area (TPSA) is 34.1 Å². The van der Waals surface area contributed by atoms with Gasteiger partial charge in [0.2, 0.25) is 0 Å². The zero-order valence-corrected chi connectivity index (χ0v) is 11.3. The summed E-state index contributed by atoms with van der Waals surface area (Å²) in [6.07, 6.45) is 2.07. The summed E-state index contributed by atoms with van der Waals surface area (Å²) >= 11 is 1.69. The molecule has 0 radical (unpaired) electrons. The first kappa shape index (κ1) is 13.6. The van der Waals surface area contributed by atoms with Crippen LogP contribution in [0.4, 0.5) is 0 Å². The summed E-state index contributed by atoms with van der Waals surface area (Å²) in [5.41, 5.74) is 1.17. The highest BCUT2D eigenvalue weighted by Gasteiger charge is 2.02. The number of rotatable bonds is 8. The van der Waals surface area contributed by atoms with Gasteiger partial charge >= 0.3 is 0 Å². The normalized spacial score (nSPS) is 11.2. The van der Waals surface area contributed by atoms with E-state index in [4.69, 9.17) is 4.74 Å². The fourth-order valence-corrected chi connectivity index (χ4v) is 2.09. The van der Waals surface area contributed by atoms with E-state index in [9.17, 15) is 0 Å². The highest BCUT2D eigenvalue weighted by atomic mass is 32.1. The highest BCUT2D eigenvalue weighted by Crippen LogP contribution is 2.11. The minimum absolute atomic E-state index is 0.547. The number of nitrogens with zero attached hydrogens (tertiary/aromatic N) is 1. The summed E-state index contributed by atoms with van der Waals surface area (Å²) in [5, 5.41) is 6.61. The standard InChI is InChI=1S/C12H22N2OS/c1-4-7-15-8-12-14-11(9-16-12)5-6-13-10(2)3/h9-10,13H,4-8H2,1-3H3. The Balaban J connectivity index is 2.22. The number of hydrogen-bond acceptors (Lipinski definition) is 4. The van der Waals surface area contributed by atoms with Crippen LogP contribution < -0.4 is 5.32 Å². The zero-order chi connectivity index (χ0) is 11.8. The van der Waals surface area contributed by atoms with Crippen molar-refractivity contribution in [1.29, 1.82) is 0 Å². The Kier molecular flexibility index (Phi) is 6.61. The average molecular weight is 242 g/mol. The molecule has 0 saturated heterocycles. The molecule has 0 unspecified atom stereocenters. The third-order valence-corrected chi connectivity index (χ3v) is 2.98. The molecule has 4 heteroatoms. The molecule has 0 spiro atoms. The Morgan fingerprint density at radius 3 is 3.00 bits per heavy atom. The third kappa shape index (κ3) is 5.58. The molecule has 0 amide bonds. The van der Waals surface area contributed by atoms with Crippen molar-refractivity contribution >= 4 is 11.3 Å². The molecule has 3 nitrogen and oxygen atoms in total. The van der Waals surface area contributed by atoms with Crippen molar-refractivity contribution in [3.8, 4) is 0 Å². The first-order valence-electron chi connectivity index (χ1n) is 5.96. The van der Waals surface area contributed by atoms with Crippen molar-refractivity contribution in [2.45, 2.75) is 46.3 Å². The molecule has 1 heterocycles. The molecule has 0 fully saturated rings. The monoisotopic (exact) mass is 242 g/mol. The lowest BCUT2D eigenvalue weighted by molar-refractivity contribution is 0.121. The highest BCUT2D eigenvalue weighted by molar-refractivity contribution is 7.09. The summed E-state index contributed by atoms with van der Waals surface area (Å²) in [7, 11) is 0. The largest absolute Gasteiger partial charge is 0.374 e.